The maximum absolute atomic E-state index is 3.69. The molecule has 2 rings (SSSR count). The monoisotopic (exact) mass is 210 g/mol. The normalized spacial score (nSPS) is 32.4. The van der Waals surface area contributed by atoms with Gasteiger partial charge in [0.2, 0.25) is 0 Å². The third kappa shape index (κ3) is 2.36. The zero-order valence-corrected chi connectivity index (χ0v) is 10.6. The fourth-order valence-corrected chi connectivity index (χ4v) is 2.89. The van der Waals surface area contributed by atoms with Crippen LogP contribution < -0.4 is 5.32 Å². The van der Waals surface area contributed by atoms with Crippen LogP contribution in [0.4, 0.5) is 0 Å². The van der Waals surface area contributed by atoms with Crippen molar-refractivity contribution >= 4 is 0 Å². The minimum Gasteiger partial charge on any atom is -0.312 e. The highest BCUT2D eigenvalue weighted by atomic mass is 15.2. The van der Waals surface area contributed by atoms with Gasteiger partial charge in [-0.05, 0) is 51.6 Å². The zero-order valence-electron chi connectivity index (χ0n) is 10.6. The van der Waals surface area contributed by atoms with E-state index in [1.54, 1.807) is 0 Å². The Morgan fingerprint density at radius 3 is 2.53 bits per heavy atom. The first-order valence-corrected chi connectivity index (χ1v) is 6.60. The molecule has 0 bridgehead atoms. The first-order valence-electron chi connectivity index (χ1n) is 6.60. The topological polar surface area (TPSA) is 15.3 Å². The lowest BCUT2D eigenvalue weighted by Crippen LogP contribution is -2.55. The Hall–Kier alpha value is -0.0800. The fraction of sp³-hybridized carbons (Fsp3) is 1.00. The molecule has 1 saturated carbocycles. The number of nitrogens with one attached hydrogen (secondary N) is 1. The van der Waals surface area contributed by atoms with Crippen molar-refractivity contribution in [1.29, 1.82) is 0 Å². The predicted molar refractivity (Wildman–Crippen MR) is 65.1 cm³/mol. The summed E-state index contributed by atoms with van der Waals surface area (Å²) in [5, 5.41) is 3.69. The maximum Gasteiger partial charge on any atom is 0.0218 e. The second-order valence-corrected chi connectivity index (χ2v) is 5.95. The summed E-state index contributed by atoms with van der Waals surface area (Å²) in [4.78, 5) is 2.75. The van der Waals surface area contributed by atoms with Gasteiger partial charge in [0.1, 0.15) is 0 Å². The molecular weight excluding hydrogens is 184 g/mol. The lowest BCUT2D eigenvalue weighted by molar-refractivity contribution is 0.0277. The van der Waals surface area contributed by atoms with Crippen LogP contribution in [0.1, 0.15) is 46.5 Å². The smallest absolute Gasteiger partial charge is 0.0218 e. The van der Waals surface area contributed by atoms with Crippen molar-refractivity contribution in [3.05, 3.63) is 0 Å². The minimum absolute atomic E-state index is 0.541. The summed E-state index contributed by atoms with van der Waals surface area (Å²) >= 11 is 0. The van der Waals surface area contributed by atoms with E-state index in [0.29, 0.717) is 11.6 Å². The second-order valence-electron chi connectivity index (χ2n) is 5.95. The fourth-order valence-electron chi connectivity index (χ4n) is 2.89. The first-order chi connectivity index (χ1) is 7.12. The average Bonchev–Trinajstić information content (AvgIpc) is 2.39. The highest BCUT2D eigenvalue weighted by Crippen LogP contribution is 2.37. The van der Waals surface area contributed by atoms with Crippen LogP contribution in [0, 0.1) is 5.92 Å². The van der Waals surface area contributed by atoms with E-state index in [2.05, 4.69) is 31.0 Å². The molecule has 1 N–H and O–H groups in total. The molecule has 0 aromatic carbocycles. The Morgan fingerprint density at radius 1 is 1.27 bits per heavy atom. The molecule has 1 aliphatic carbocycles. The molecule has 15 heavy (non-hydrogen) atoms. The molecule has 1 atom stereocenters. The largest absolute Gasteiger partial charge is 0.312 e. The molecule has 1 unspecified atom stereocenters. The summed E-state index contributed by atoms with van der Waals surface area (Å²) in [6, 6.07) is 0.699. The highest BCUT2D eigenvalue weighted by Gasteiger charge is 2.39. The SMILES string of the molecule is CC(C)C1CN(C2(C)CCC2)CCCN1. The van der Waals surface area contributed by atoms with Gasteiger partial charge in [-0.3, -0.25) is 4.90 Å². The minimum atomic E-state index is 0.541. The summed E-state index contributed by atoms with van der Waals surface area (Å²) in [7, 11) is 0. The van der Waals surface area contributed by atoms with Crippen molar-refractivity contribution in [3.8, 4) is 0 Å². The molecule has 2 nitrogen and oxygen atoms in total. The Balaban J connectivity index is 1.98. The van der Waals surface area contributed by atoms with Crippen molar-refractivity contribution in [3.63, 3.8) is 0 Å². The molecule has 1 heterocycles. The van der Waals surface area contributed by atoms with Gasteiger partial charge in [0.15, 0.2) is 0 Å². The van der Waals surface area contributed by atoms with E-state index in [1.165, 1.54) is 45.3 Å². The molecule has 0 aromatic rings. The summed E-state index contributed by atoms with van der Waals surface area (Å²) in [6.45, 7) is 10.9. The number of rotatable bonds is 2. The van der Waals surface area contributed by atoms with Crippen LogP contribution in [-0.2, 0) is 0 Å². The standard InChI is InChI=1S/C13H26N2/c1-11(2)12-10-15(9-5-8-14-12)13(3)6-4-7-13/h11-12,14H,4-10H2,1-3H3. The van der Waals surface area contributed by atoms with Crippen molar-refractivity contribution in [2.24, 2.45) is 5.92 Å². The van der Waals surface area contributed by atoms with E-state index >= 15 is 0 Å². The van der Waals surface area contributed by atoms with Crippen molar-refractivity contribution in [2.45, 2.75) is 58.0 Å². The first kappa shape index (κ1) is 11.4. The zero-order chi connectivity index (χ0) is 10.9. The molecule has 2 heteroatoms. The molecule has 1 aliphatic heterocycles. The Kier molecular flexibility index (Phi) is 3.36. The lowest BCUT2D eigenvalue weighted by atomic mass is 9.76. The third-order valence-corrected chi connectivity index (χ3v) is 4.43. The summed E-state index contributed by atoms with van der Waals surface area (Å²) in [6.07, 6.45) is 5.58. The molecule has 2 fully saturated rings. The molecule has 1 saturated heterocycles. The van der Waals surface area contributed by atoms with Crippen molar-refractivity contribution in [2.75, 3.05) is 19.6 Å². The predicted octanol–water partition coefficient (Wildman–Crippen LogP) is 2.25. The average molecular weight is 210 g/mol. The Labute approximate surface area is 94.4 Å². The van der Waals surface area contributed by atoms with Crippen LogP contribution in [0.3, 0.4) is 0 Å². The van der Waals surface area contributed by atoms with E-state index in [0.717, 1.165) is 5.92 Å². The van der Waals surface area contributed by atoms with Crippen LogP contribution in [0.15, 0.2) is 0 Å². The van der Waals surface area contributed by atoms with Gasteiger partial charge in [0.05, 0.1) is 0 Å². The third-order valence-electron chi connectivity index (χ3n) is 4.43. The van der Waals surface area contributed by atoms with Gasteiger partial charge >= 0.3 is 0 Å². The van der Waals surface area contributed by atoms with Crippen LogP contribution in [-0.4, -0.2) is 36.1 Å². The van der Waals surface area contributed by atoms with Gasteiger partial charge in [-0.2, -0.15) is 0 Å². The van der Waals surface area contributed by atoms with E-state index in [-0.39, 0.29) is 0 Å². The number of nitrogens with zero attached hydrogens (tertiary/aromatic N) is 1. The Bertz CT molecular complexity index is 209. The van der Waals surface area contributed by atoms with Crippen LogP contribution in [0.2, 0.25) is 0 Å². The highest BCUT2D eigenvalue weighted by molar-refractivity contribution is 4.96. The molecule has 88 valence electrons. The van der Waals surface area contributed by atoms with E-state index < -0.39 is 0 Å². The molecule has 0 amide bonds. The van der Waals surface area contributed by atoms with Gasteiger partial charge in [0.25, 0.3) is 0 Å². The van der Waals surface area contributed by atoms with Crippen molar-refractivity contribution < 1.29 is 0 Å². The number of hydrogen-bond donors (Lipinski definition) is 1. The van der Waals surface area contributed by atoms with Gasteiger partial charge in [-0.15, -0.1) is 0 Å². The van der Waals surface area contributed by atoms with E-state index in [9.17, 15) is 0 Å². The molecular formula is C13H26N2. The lowest BCUT2D eigenvalue weighted by Gasteiger charge is -2.48. The van der Waals surface area contributed by atoms with E-state index in [1.807, 2.05) is 0 Å². The summed E-state index contributed by atoms with van der Waals surface area (Å²) in [5.41, 5.74) is 0.541. The maximum atomic E-state index is 3.69. The second kappa shape index (κ2) is 4.42. The van der Waals surface area contributed by atoms with Crippen LogP contribution >= 0.6 is 0 Å². The van der Waals surface area contributed by atoms with Crippen LogP contribution in [0.5, 0.6) is 0 Å². The quantitative estimate of drug-likeness (QED) is 0.752. The summed E-state index contributed by atoms with van der Waals surface area (Å²) in [5.74, 6) is 0.759. The van der Waals surface area contributed by atoms with Crippen molar-refractivity contribution in [1.82, 2.24) is 10.2 Å². The van der Waals surface area contributed by atoms with E-state index in [4.69, 9.17) is 0 Å². The molecule has 0 spiro atoms. The van der Waals surface area contributed by atoms with Gasteiger partial charge in [-0.1, -0.05) is 13.8 Å². The molecule has 2 aliphatic rings. The number of hydrogen-bond acceptors (Lipinski definition) is 2. The van der Waals surface area contributed by atoms with Gasteiger partial charge in [0, 0.05) is 18.1 Å². The molecule has 0 aromatic heterocycles. The van der Waals surface area contributed by atoms with Crippen LogP contribution in [0.25, 0.3) is 0 Å². The van der Waals surface area contributed by atoms with Gasteiger partial charge in [-0.25, -0.2) is 0 Å². The summed E-state index contributed by atoms with van der Waals surface area (Å²) < 4.78 is 0. The Morgan fingerprint density at radius 2 is 2.00 bits per heavy atom. The van der Waals surface area contributed by atoms with Gasteiger partial charge < -0.3 is 5.32 Å². The molecule has 0 radical (unpaired) electrons.